The lowest BCUT2D eigenvalue weighted by Gasteiger charge is -2.10. The number of aromatic carboxylic acids is 2. The number of carbonyl (C=O) groups is 3. The summed E-state index contributed by atoms with van der Waals surface area (Å²) in [5.41, 5.74) is 0.737. The van der Waals surface area contributed by atoms with E-state index < -0.39 is 23.4 Å². The van der Waals surface area contributed by atoms with Gasteiger partial charge in [0.2, 0.25) is 0 Å². The smallest absolute Gasteiger partial charge is 0.356 e. The molecule has 4 aromatic rings. The first-order valence-corrected chi connectivity index (χ1v) is 8.67. The van der Waals surface area contributed by atoms with E-state index in [2.05, 4.69) is 10.4 Å². The Morgan fingerprint density at radius 2 is 1.60 bits per heavy atom. The predicted molar refractivity (Wildman–Crippen MR) is 106 cm³/mol. The van der Waals surface area contributed by atoms with Crippen molar-refractivity contribution in [2.45, 2.75) is 0 Å². The standard InChI is InChI=1S/C20H14N4O6/c1-23-15-7-6-12(21-17(25)10-2-4-11(5-3-10)19(27)28)8-13(15)18(26)24-16(23)9-14(22-24)20(29)30/h2-9H,1H3,(H,21,25)(H,27,28)(H,29,30). The molecule has 1 amide bonds. The van der Waals surface area contributed by atoms with Crippen LogP contribution in [0.15, 0.2) is 53.3 Å². The summed E-state index contributed by atoms with van der Waals surface area (Å²) in [6.45, 7) is 0. The minimum absolute atomic E-state index is 0.0599. The number of aromatic nitrogens is 3. The average Bonchev–Trinajstić information content (AvgIpc) is 3.18. The lowest BCUT2D eigenvalue weighted by atomic mass is 10.1. The number of nitrogens with one attached hydrogen (secondary N) is 1. The Morgan fingerprint density at radius 3 is 2.23 bits per heavy atom. The SMILES string of the molecule is Cn1c2ccc(NC(=O)c3ccc(C(=O)O)cc3)cc2c(=O)n2nc(C(=O)O)cc12. The molecule has 10 nitrogen and oxygen atoms in total. The van der Waals surface area contributed by atoms with Crippen LogP contribution in [0.25, 0.3) is 16.6 Å². The van der Waals surface area contributed by atoms with Crippen LogP contribution in [-0.2, 0) is 7.05 Å². The van der Waals surface area contributed by atoms with Gasteiger partial charge in [0.25, 0.3) is 11.5 Å². The summed E-state index contributed by atoms with van der Waals surface area (Å²) in [7, 11) is 1.67. The Morgan fingerprint density at radius 1 is 0.933 bits per heavy atom. The van der Waals surface area contributed by atoms with E-state index in [1.807, 2.05) is 0 Å². The quantitative estimate of drug-likeness (QED) is 0.469. The van der Waals surface area contributed by atoms with Crippen molar-refractivity contribution < 1.29 is 24.6 Å². The predicted octanol–water partition coefficient (Wildman–Crippen LogP) is 1.83. The lowest BCUT2D eigenvalue weighted by Crippen LogP contribution is -2.19. The molecule has 10 heteroatoms. The summed E-state index contributed by atoms with van der Waals surface area (Å²) in [6, 6.07) is 11.4. The van der Waals surface area contributed by atoms with E-state index in [1.54, 1.807) is 23.7 Å². The first kappa shape index (κ1) is 18.9. The number of amides is 1. The van der Waals surface area contributed by atoms with Gasteiger partial charge in [0.05, 0.1) is 16.5 Å². The molecule has 0 aliphatic carbocycles. The number of aryl methyl sites for hydroxylation is 1. The van der Waals surface area contributed by atoms with Crippen LogP contribution in [0.5, 0.6) is 0 Å². The van der Waals surface area contributed by atoms with Crippen LogP contribution in [0.2, 0.25) is 0 Å². The molecule has 0 atom stereocenters. The van der Waals surface area contributed by atoms with Crippen molar-refractivity contribution in [3.63, 3.8) is 0 Å². The van der Waals surface area contributed by atoms with Gasteiger partial charge in [-0.3, -0.25) is 9.59 Å². The highest BCUT2D eigenvalue weighted by Gasteiger charge is 2.16. The van der Waals surface area contributed by atoms with E-state index in [0.717, 1.165) is 4.52 Å². The van der Waals surface area contributed by atoms with Crippen molar-refractivity contribution >= 4 is 40.1 Å². The van der Waals surface area contributed by atoms with Gasteiger partial charge in [-0.05, 0) is 42.5 Å². The summed E-state index contributed by atoms with van der Waals surface area (Å²) >= 11 is 0. The molecule has 30 heavy (non-hydrogen) atoms. The third-order valence-corrected chi connectivity index (χ3v) is 4.69. The van der Waals surface area contributed by atoms with Gasteiger partial charge in [-0.25, -0.2) is 9.59 Å². The second-order valence-electron chi connectivity index (χ2n) is 6.54. The number of carbonyl (C=O) groups excluding carboxylic acids is 1. The van der Waals surface area contributed by atoms with E-state index in [-0.39, 0.29) is 22.2 Å². The molecule has 2 aromatic heterocycles. The van der Waals surface area contributed by atoms with E-state index in [9.17, 15) is 19.2 Å². The zero-order chi connectivity index (χ0) is 21.6. The molecular weight excluding hydrogens is 392 g/mol. The molecule has 0 saturated carbocycles. The highest BCUT2D eigenvalue weighted by molar-refractivity contribution is 6.05. The topological polar surface area (TPSA) is 143 Å². The van der Waals surface area contributed by atoms with E-state index in [0.29, 0.717) is 16.9 Å². The number of hydrogen-bond acceptors (Lipinski definition) is 5. The fourth-order valence-corrected chi connectivity index (χ4v) is 3.15. The zero-order valence-electron chi connectivity index (χ0n) is 15.5. The molecule has 0 spiro atoms. The Labute approximate surface area is 167 Å². The Kier molecular flexibility index (Phi) is 4.31. The van der Waals surface area contributed by atoms with Crippen LogP contribution in [0.1, 0.15) is 31.2 Å². The van der Waals surface area contributed by atoms with Crippen LogP contribution in [0, 0.1) is 0 Å². The summed E-state index contributed by atoms with van der Waals surface area (Å²) in [4.78, 5) is 47.4. The number of hydrogen-bond donors (Lipinski definition) is 3. The molecule has 150 valence electrons. The number of carboxylic acid groups (broad SMARTS) is 2. The van der Waals surface area contributed by atoms with Crippen LogP contribution >= 0.6 is 0 Å². The van der Waals surface area contributed by atoms with Crippen molar-refractivity contribution in [2.24, 2.45) is 7.05 Å². The molecule has 2 aromatic carbocycles. The largest absolute Gasteiger partial charge is 0.478 e. The van der Waals surface area contributed by atoms with Gasteiger partial charge >= 0.3 is 11.9 Å². The normalized spacial score (nSPS) is 11.0. The molecular formula is C20H14N4O6. The Hall–Kier alpha value is -4.47. The maximum atomic E-state index is 12.8. The molecule has 0 fully saturated rings. The summed E-state index contributed by atoms with van der Waals surface area (Å²) in [5.74, 6) is -2.82. The van der Waals surface area contributed by atoms with Crippen molar-refractivity contribution in [3.05, 3.63) is 75.7 Å². The maximum absolute atomic E-state index is 12.8. The minimum Gasteiger partial charge on any atom is -0.478 e. The van der Waals surface area contributed by atoms with Gasteiger partial charge in [0.1, 0.15) is 5.65 Å². The number of benzene rings is 2. The highest BCUT2D eigenvalue weighted by Crippen LogP contribution is 2.19. The monoisotopic (exact) mass is 406 g/mol. The van der Waals surface area contributed by atoms with Gasteiger partial charge in [-0.2, -0.15) is 9.61 Å². The number of fused-ring (bicyclic) bond motifs is 2. The van der Waals surface area contributed by atoms with E-state index in [1.165, 1.54) is 36.4 Å². The van der Waals surface area contributed by atoms with Crippen LogP contribution in [-0.4, -0.2) is 42.2 Å². The van der Waals surface area contributed by atoms with Crippen molar-refractivity contribution in [3.8, 4) is 0 Å². The minimum atomic E-state index is -1.25. The number of rotatable bonds is 4. The molecule has 0 aliphatic rings. The van der Waals surface area contributed by atoms with Gasteiger partial charge in [-0.1, -0.05) is 0 Å². The zero-order valence-corrected chi connectivity index (χ0v) is 15.5. The van der Waals surface area contributed by atoms with E-state index in [4.69, 9.17) is 10.2 Å². The van der Waals surface area contributed by atoms with Crippen LogP contribution in [0.3, 0.4) is 0 Å². The molecule has 0 unspecified atom stereocenters. The fourth-order valence-electron chi connectivity index (χ4n) is 3.15. The van der Waals surface area contributed by atoms with Gasteiger partial charge in [0, 0.05) is 24.4 Å². The van der Waals surface area contributed by atoms with Crippen molar-refractivity contribution in [2.75, 3.05) is 5.32 Å². The lowest BCUT2D eigenvalue weighted by molar-refractivity contribution is 0.0682. The summed E-state index contributed by atoms with van der Waals surface area (Å²) in [6.07, 6.45) is 0. The second-order valence-corrected chi connectivity index (χ2v) is 6.54. The Balaban J connectivity index is 1.74. The first-order valence-electron chi connectivity index (χ1n) is 8.67. The molecule has 0 radical (unpaired) electrons. The van der Waals surface area contributed by atoms with Gasteiger partial charge in [0.15, 0.2) is 5.69 Å². The number of carboxylic acids is 2. The first-order chi connectivity index (χ1) is 14.3. The molecule has 3 N–H and O–H groups in total. The molecule has 0 saturated heterocycles. The maximum Gasteiger partial charge on any atom is 0.356 e. The highest BCUT2D eigenvalue weighted by atomic mass is 16.4. The van der Waals surface area contributed by atoms with Crippen molar-refractivity contribution in [1.29, 1.82) is 0 Å². The number of nitrogens with zero attached hydrogens (tertiary/aromatic N) is 3. The Bertz CT molecular complexity index is 1420. The molecule has 0 aliphatic heterocycles. The molecule has 0 bridgehead atoms. The average molecular weight is 406 g/mol. The summed E-state index contributed by atoms with van der Waals surface area (Å²) in [5, 5.41) is 24.8. The van der Waals surface area contributed by atoms with Crippen LogP contribution in [0.4, 0.5) is 5.69 Å². The second kappa shape index (κ2) is 6.85. The van der Waals surface area contributed by atoms with E-state index >= 15 is 0 Å². The molecule has 4 rings (SSSR count). The summed E-state index contributed by atoms with van der Waals surface area (Å²) < 4.78 is 2.63. The van der Waals surface area contributed by atoms with Gasteiger partial charge in [-0.15, -0.1) is 0 Å². The number of anilines is 1. The fraction of sp³-hybridized carbons (Fsp3) is 0.0500. The van der Waals surface area contributed by atoms with Crippen LogP contribution < -0.4 is 10.9 Å². The molecule has 2 heterocycles. The van der Waals surface area contributed by atoms with Crippen molar-refractivity contribution in [1.82, 2.24) is 14.2 Å². The third-order valence-electron chi connectivity index (χ3n) is 4.69. The third kappa shape index (κ3) is 3.05. The van der Waals surface area contributed by atoms with Gasteiger partial charge < -0.3 is 20.1 Å².